The second kappa shape index (κ2) is 5.68. The molecule has 2 rings (SSSR count). The Morgan fingerprint density at radius 3 is 2.45 bits per heavy atom. The van der Waals surface area contributed by atoms with Crippen molar-refractivity contribution in [2.24, 2.45) is 0 Å². The number of halogens is 1. The van der Waals surface area contributed by atoms with Gasteiger partial charge in [0.1, 0.15) is 11.5 Å². The zero-order chi connectivity index (χ0) is 14.8. The molecule has 2 aromatic rings. The second-order valence-electron chi connectivity index (χ2n) is 4.19. The predicted molar refractivity (Wildman–Crippen MR) is 73.4 cm³/mol. The summed E-state index contributed by atoms with van der Waals surface area (Å²) in [6.07, 6.45) is 0. The normalized spacial score (nSPS) is 11.4. The van der Waals surface area contributed by atoms with Crippen LogP contribution in [0.1, 0.15) is 21.9 Å². The van der Waals surface area contributed by atoms with Gasteiger partial charge in [0, 0.05) is 5.02 Å². The maximum Gasteiger partial charge on any atom is 0.371 e. The first kappa shape index (κ1) is 14.6. The van der Waals surface area contributed by atoms with Gasteiger partial charge in [0.05, 0.1) is 5.75 Å². The number of sulfone groups is 1. The van der Waals surface area contributed by atoms with E-state index in [9.17, 15) is 13.2 Å². The molecule has 1 aromatic carbocycles. The number of hydrogen-bond acceptors (Lipinski definition) is 4. The highest BCUT2D eigenvalue weighted by Crippen LogP contribution is 2.20. The molecule has 20 heavy (non-hydrogen) atoms. The van der Waals surface area contributed by atoms with Crippen molar-refractivity contribution in [2.45, 2.75) is 11.5 Å². The summed E-state index contributed by atoms with van der Waals surface area (Å²) in [5.74, 6) is -2.02. The van der Waals surface area contributed by atoms with Crippen LogP contribution in [0, 0.1) is 0 Å². The van der Waals surface area contributed by atoms with Gasteiger partial charge < -0.3 is 9.52 Å². The van der Waals surface area contributed by atoms with E-state index < -0.39 is 15.8 Å². The van der Waals surface area contributed by atoms with Gasteiger partial charge in [-0.3, -0.25) is 0 Å². The highest BCUT2D eigenvalue weighted by molar-refractivity contribution is 7.89. The first-order chi connectivity index (χ1) is 9.37. The Bertz CT molecular complexity index is 733. The molecular formula is C13H11ClO5S. The van der Waals surface area contributed by atoms with Gasteiger partial charge in [0.25, 0.3) is 0 Å². The molecule has 5 nitrogen and oxygen atoms in total. The molecule has 0 aliphatic carbocycles. The quantitative estimate of drug-likeness (QED) is 0.917. The van der Waals surface area contributed by atoms with Crippen molar-refractivity contribution < 1.29 is 22.7 Å². The van der Waals surface area contributed by atoms with Crippen LogP contribution in [0.4, 0.5) is 0 Å². The number of carboxylic acids is 1. The zero-order valence-electron chi connectivity index (χ0n) is 10.2. The van der Waals surface area contributed by atoms with E-state index >= 15 is 0 Å². The standard InChI is InChI=1S/C13H11ClO5S/c14-11-4-2-1-3-9(11)7-20(17,18)8-10-5-6-12(19-10)13(15)16/h1-6H,7-8H2,(H,15,16). The van der Waals surface area contributed by atoms with Crippen LogP contribution in [0.5, 0.6) is 0 Å². The molecule has 1 heterocycles. The summed E-state index contributed by atoms with van der Waals surface area (Å²) < 4.78 is 29.0. The highest BCUT2D eigenvalue weighted by atomic mass is 35.5. The van der Waals surface area contributed by atoms with E-state index in [0.717, 1.165) is 0 Å². The molecule has 0 atom stereocenters. The first-order valence-corrected chi connectivity index (χ1v) is 7.83. The summed E-state index contributed by atoms with van der Waals surface area (Å²) in [5.41, 5.74) is 0.499. The van der Waals surface area contributed by atoms with Gasteiger partial charge in [-0.1, -0.05) is 29.8 Å². The molecule has 0 aliphatic rings. The van der Waals surface area contributed by atoms with E-state index in [1.807, 2.05) is 0 Å². The van der Waals surface area contributed by atoms with Gasteiger partial charge in [-0.15, -0.1) is 0 Å². The number of rotatable bonds is 5. The van der Waals surface area contributed by atoms with E-state index in [2.05, 4.69) is 0 Å². The van der Waals surface area contributed by atoms with Crippen LogP contribution in [0.3, 0.4) is 0 Å². The maximum absolute atomic E-state index is 12.0. The number of aromatic carboxylic acids is 1. The number of carbonyl (C=O) groups is 1. The molecule has 0 fully saturated rings. The lowest BCUT2D eigenvalue weighted by Crippen LogP contribution is -2.07. The molecule has 1 N–H and O–H groups in total. The Kier molecular flexibility index (Phi) is 4.15. The molecule has 0 saturated carbocycles. The molecular weight excluding hydrogens is 304 g/mol. The lowest BCUT2D eigenvalue weighted by Gasteiger charge is -2.04. The van der Waals surface area contributed by atoms with E-state index in [1.165, 1.54) is 12.1 Å². The van der Waals surface area contributed by atoms with E-state index in [1.54, 1.807) is 24.3 Å². The van der Waals surface area contributed by atoms with Gasteiger partial charge in [-0.2, -0.15) is 0 Å². The molecule has 0 unspecified atom stereocenters. The molecule has 0 radical (unpaired) electrons. The summed E-state index contributed by atoms with van der Waals surface area (Å²) in [4.78, 5) is 10.7. The summed E-state index contributed by atoms with van der Waals surface area (Å²) in [6.45, 7) is 0. The third-order valence-corrected chi connectivity index (χ3v) is 4.41. The monoisotopic (exact) mass is 314 g/mol. The minimum Gasteiger partial charge on any atom is -0.475 e. The van der Waals surface area contributed by atoms with Crippen molar-refractivity contribution >= 4 is 27.4 Å². The van der Waals surface area contributed by atoms with Crippen LogP contribution in [-0.2, 0) is 21.3 Å². The lowest BCUT2D eigenvalue weighted by atomic mass is 10.2. The minimum absolute atomic E-state index is 0.0921. The second-order valence-corrected chi connectivity index (χ2v) is 6.67. The van der Waals surface area contributed by atoms with Crippen molar-refractivity contribution in [3.8, 4) is 0 Å². The molecule has 0 bridgehead atoms. The van der Waals surface area contributed by atoms with E-state index in [-0.39, 0.29) is 23.0 Å². The van der Waals surface area contributed by atoms with Crippen LogP contribution in [0.15, 0.2) is 40.8 Å². The van der Waals surface area contributed by atoms with Gasteiger partial charge >= 0.3 is 5.97 Å². The maximum atomic E-state index is 12.0. The Morgan fingerprint density at radius 2 is 1.85 bits per heavy atom. The average Bonchev–Trinajstić information content (AvgIpc) is 2.79. The summed E-state index contributed by atoms with van der Waals surface area (Å²) in [6, 6.07) is 9.22. The molecule has 0 saturated heterocycles. The molecule has 0 amide bonds. The fraction of sp³-hybridized carbons (Fsp3) is 0.154. The number of benzene rings is 1. The van der Waals surface area contributed by atoms with Crippen LogP contribution in [0.2, 0.25) is 5.02 Å². The summed E-state index contributed by atoms with van der Waals surface area (Å²) >= 11 is 5.91. The average molecular weight is 315 g/mol. The number of carboxylic acid groups (broad SMARTS) is 1. The molecule has 1 aromatic heterocycles. The number of furan rings is 1. The van der Waals surface area contributed by atoms with Crippen molar-refractivity contribution in [3.63, 3.8) is 0 Å². The SMILES string of the molecule is O=C(O)c1ccc(CS(=O)(=O)Cc2ccccc2Cl)o1. The van der Waals surface area contributed by atoms with Gasteiger partial charge in [-0.05, 0) is 23.8 Å². The Labute approximate surface area is 120 Å². The molecule has 0 aliphatic heterocycles. The molecule has 106 valence electrons. The smallest absolute Gasteiger partial charge is 0.371 e. The van der Waals surface area contributed by atoms with Crippen molar-refractivity contribution in [1.82, 2.24) is 0 Å². The molecule has 0 spiro atoms. The Hall–Kier alpha value is -1.79. The van der Waals surface area contributed by atoms with Crippen LogP contribution < -0.4 is 0 Å². The number of hydrogen-bond donors (Lipinski definition) is 1. The topological polar surface area (TPSA) is 84.6 Å². The zero-order valence-corrected chi connectivity index (χ0v) is 11.8. The largest absolute Gasteiger partial charge is 0.475 e. The minimum atomic E-state index is -3.49. The van der Waals surface area contributed by atoms with Crippen molar-refractivity contribution in [3.05, 3.63) is 58.5 Å². The van der Waals surface area contributed by atoms with Crippen molar-refractivity contribution in [1.29, 1.82) is 0 Å². The predicted octanol–water partition coefficient (Wildman–Crippen LogP) is 2.75. The van der Waals surface area contributed by atoms with E-state index in [4.69, 9.17) is 21.1 Å². The first-order valence-electron chi connectivity index (χ1n) is 5.63. The Balaban J connectivity index is 2.15. The lowest BCUT2D eigenvalue weighted by molar-refractivity contribution is 0.0660. The van der Waals surface area contributed by atoms with Crippen LogP contribution >= 0.6 is 11.6 Å². The van der Waals surface area contributed by atoms with Gasteiger partial charge in [0.15, 0.2) is 9.84 Å². The van der Waals surface area contributed by atoms with Crippen LogP contribution in [-0.4, -0.2) is 19.5 Å². The van der Waals surface area contributed by atoms with E-state index in [0.29, 0.717) is 10.6 Å². The van der Waals surface area contributed by atoms with Gasteiger partial charge in [0.2, 0.25) is 5.76 Å². The third-order valence-electron chi connectivity index (χ3n) is 2.57. The fourth-order valence-electron chi connectivity index (χ4n) is 1.69. The Morgan fingerprint density at radius 1 is 1.15 bits per heavy atom. The molecule has 7 heteroatoms. The summed E-state index contributed by atoms with van der Waals surface area (Å²) in [7, 11) is -3.49. The van der Waals surface area contributed by atoms with Crippen molar-refractivity contribution in [2.75, 3.05) is 0 Å². The highest BCUT2D eigenvalue weighted by Gasteiger charge is 2.18. The van der Waals surface area contributed by atoms with Crippen LogP contribution in [0.25, 0.3) is 0 Å². The third kappa shape index (κ3) is 3.61. The van der Waals surface area contributed by atoms with Gasteiger partial charge in [-0.25, -0.2) is 13.2 Å². The fourth-order valence-corrected chi connectivity index (χ4v) is 3.39. The summed E-state index contributed by atoms with van der Waals surface area (Å²) in [5, 5.41) is 9.08.